The van der Waals surface area contributed by atoms with E-state index in [9.17, 15) is 0 Å². The maximum absolute atomic E-state index is 6.25. The van der Waals surface area contributed by atoms with Crippen LogP contribution in [0.2, 0.25) is 0 Å². The average molecular weight is 541 g/mol. The molecule has 6 aromatic carbocycles. The fourth-order valence-corrected chi connectivity index (χ4v) is 5.51. The van der Waals surface area contributed by atoms with Gasteiger partial charge in [-0.3, -0.25) is 0 Å². The van der Waals surface area contributed by atoms with Crippen LogP contribution < -0.4 is 9.64 Å². The molecule has 1 aliphatic heterocycles. The number of nitrogens with zero attached hydrogens (tertiary/aromatic N) is 4. The van der Waals surface area contributed by atoms with Crippen molar-refractivity contribution in [3.63, 3.8) is 0 Å². The van der Waals surface area contributed by atoms with Crippen LogP contribution in [0.25, 0.3) is 44.9 Å². The summed E-state index contributed by atoms with van der Waals surface area (Å²) in [6.45, 7) is 0. The van der Waals surface area contributed by atoms with Crippen molar-refractivity contribution in [2.24, 2.45) is 0 Å². The van der Waals surface area contributed by atoms with Crippen LogP contribution in [0.4, 0.5) is 17.1 Å². The van der Waals surface area contributed by atoms with E-state index < -0.39 is 0 Å². The van der Waals surface area contributed by atoms with Gasteiger partial charge in [0.2, 0.25) is 0 Å². The standard InChI is InChI=1S/C37H24N4O/c1-3-12-26(13-4-1)35-38-36(27-14-5-2-6-15-27)40-37(39-35)29-17-11-16-25-22-23-28(24-30(25)29)41-31-18-7-9-20-33(31)42-34-21-10-8-19-32(34)41/h1-24H. The Kier molecular flexibility index (Phi) is 5.71. The molecule has 0 fully saturated rings. The summed E-state index contributed by atoms with van der Waals surface area (Å²) in [6, 6.07) is 49.2. The lowest BCUT2D eigenvalue weighted by molar-refractivity contribution is 0.477. The largest absolute Gasteiger partial charge is 0.453 e. The number of hydrogen-bond acceptors (Lipinski definition) is 5. The fourth-order valence-electron chi connectivity index (χ4n) is 5.51. The maximum atomic E-state index is 6.25. The average Bonchev–Trinajstić information content (AvgIpc) is 3.07. The minimum atomic E-state index is 0.633. The first-order valence-electron chi connectivity index (χ1n) is 13.9. The first kappa shape index (κ1) is 24.0. The minimum absolute atomic E-state index is 0.633. The van der Waals surface area contributed by atoms with Gasteiger partial charge in [0, 0.05) is 22.4 Å². The molecular weight excluding hydrogens is 516 g/mol. The molecule has 0 amide bonds. The molecule has 0 aliphatic carbocycles. The van der Waals surface area contributed by atoms with Crippen molar-refractivity contribution in [3.8, 4) is 45.7 Å². The van der Waals surface area contributed by atoms with E-state index in [2.05, 4.69) is 53.4 Å². The Hall–Kier alpha value is -5.81. The third-order valence-corrected chi connectivity index (χ3v) is 7.50. The van der Waals surface area contributed by atoms with Crippen molar-refractivity contribution < 1.29 is 4.74 Å². The Bertz CT molecular complexity index is 1970. The lowest BCUT2D eigenvalue weighted by Gasteiger charge is -2.33. The van der Waals surface area contributed by atoms with Gasteiger partial charge in [-0.25, -0.2) is 15.0 Å². The monoisotopic (exact) mass is 540 g/mol. The van der Waals surface area contributed by atoms with Gasteiger partial charge in [-0.1, -0.05) is 109 Å². The normalized spacial score (nSPS) is 12.0. The molecule has 2 heterocycles. The van der Waals surface area contributed by atoms with E-state index in [0.717, 1.165) is 56.0 Å². The van der Waals surface area contributed by atoms with Crippen molar-refractivity contribution in [1.29, 1.82) is 0 Å². The first-order valence-corrected chi connectivity index (χ1v) is 13.9. The third kappa shape index (κ3) is 4.16. The van der Waals surface area contributed by atoms with Gasteiger partial charge in [-0.2, -0.15) is 0 Å². The third-order valence-electron chi connectivity index (χ3n) is 7.50. The van der Waals surface area contributed by atoms with E-state index in [1.54, 1.807) is 0 Å². The molecule has 0 saturated carbocycles. The van der Waals surface area contributed by atoms with E-state index in [1.165, 1.54) is 0 Å². The molecule has 0 atom stereocenters. The molecule has 5 nitrogen and oxygen atoms in total. The number of fused-ring (bicyclic) bond motifs is 3. The number of benzene rings is 6. The number of hydrogen-bond donors (Lipinski definition) is 0. The summed E-state index contributed by atoms with van der Waals surface area (Å²) in [6.07, 6.45) is 0. The minimum Gasteiger partial charge on any atom is -0.453 e. The molecule has 0 N–H and O–H groups in total. The Labute approximate surface area is 243 Å². The number of rotatable bonds is 4. The van der Waals surface area contributed by atoms with Gasteiger partial charge in [-0.15, -0.1) is 0 Å². The predicted octanol–water partition coefficient (Wildman–Crippen LogP) is 9.60. The summed E-state index contributed by atoms with van der Waals surface area (Å²) in [4.78, 5) is 17.1. The zero-order valence-electron chi connectivity index (χ0n) is 22.6. The molecule has 1 aromatic heterocycles. The van der Waals surface area contributed by atoms with Crippen LogP contribution in [0, 0.1) is 0 Å². The lowest BCUT2D eigenvalue weighted by Crippen LogP contribution is -2.15. The van der Waals surface area contributed by atoms with Gasteiger partial charge >= 0.3 is 0 Å². The predicted molar refractivity (Wildman–Crippen MR) is 168 cm³/mol. The van der Waals surface area contributed by atoms with E-state index in [1.807, 2.05) is 97.1 Å². The second-order valence-corrected chi connectivity index (χ2v) is 10.1. The van der Waals surface area contributed by atoms with E-state index in [0.29, 0.717) is 17.5 Å². The summed E-state index contributed by atoms with van der Waals surface area (Å²) in [5, 5.41) is 2.16. The van der Waals surface area contributed by atoms with Gasteiger partial charge in [0.15, 0.2) is 29.0 Å². The van der Waals surface area contributed by atoms with Gasteiger partial charge in [-0.05, 0) is 47.2 Å². The Morgan fingerprint density at radius 2 is 1.00 bits per heavy atom. The van der Waals surface area contributed by atoms with E-state index >= 15 is 0 Å². The van der Waals surface area contributed by atoms with Gasteiger partial charge < -0.3 is 9.64 Å². The van der Waals surface area contributed by atoms with Crippen LogP contribution in [-0.4, -0.2) is 15.0 Å². The molecule has 42 heavy (non-hydrogen) atoms. The number of anilines is 3. The maximum Gasteiger partial charge on any atom is 0.164 e. The molecule has 198 valence electrons. The molecule has 0 unspecified atom stereocenters. The molecular formula is C37H24N4O. The first-order chi connectivity index (χ1) is 20.8. The number of para-hydroxylation sites is 4. The molecule has 7 aromatic rings. The lowest BCUT2D eigenvalue weighted by atomic mass is 10.0. The van der Waals surface area contributed by atoms with Crippen molar-refractivity contribution in [3.05, 3.63) is 146 Å². The SMILES string of the molecule is c1ccc(-c2nc(-c3ccccc3)nc(-c3cccc4ccc(N5c6ccccc6Oc6ccccc65)cc34)n2)cc1. The van der Waals surface area contributed by atoms with Gasteiger partial charge in [0.05, 0.1) is 11.4 Å². The molecule has 0 saturated heterocycles. The van der Waals surface area contributed by atoms with Gasteiger partial charge in [0.1, 0.15) is 0 Å². The van der Waals surface area contributed by atoms with Crippen molar-refractivity contribution in [1.82, 2.24) is 15.0 Å². The van der Waals surface area contributed by atoms with E-state index in [-0.39, 0.29) is 0 Å². The van der Waals surface area contributed by atoms with Crippen molar-refractivity contribution in [2.45, 2.75) is 0 Å². The smallest absolute Gasteiger partial charge is 0.164 e. The summed E-state index contributed by atoms with van der Waals surface area (Å²) in [5.74, 6) is 3.56. The number of ether oxygens (including phenoxy) is 1. The van der Waals surface area contributed by atoms with Gasteiger partial charge in [0.25, 0.3) is 0 Å². The summed E-state index contributed by atoms with van der Waals surface area (Å²) >= 11 is 0. The van der Waals surface area contributed by atoms with E-state index in [4.69, 9.17) is 19.7 Å². The van der Waals surface area contributed by atoms with Crippen LogP contribution in [0.3, 0.4) is 0 Å². The molecule has 0 radical (unpaired) electrons. The second-order valence-electron chi connectivity index (χ2n) is 10.1. The zero-order valence-corrected chi connectivity index (χ0v) is 22.6. The van der Waals surface area contributed by atoms with Crippen molar-refractivity contribution >= 4 is 27.8 Å². The topological polar surface area (TPSA) is 51.1 Å². The summed E-state index contributed by atoms with van der Waals surface area (Å²) in [7, 11) is 0. The Morgan fingerprint density at radius 1 is 0.452 bits per heavy atom. The van der Waals surface area contributed by atoms with Crippen molar-refractivity contribution in [2.75, 3.05) is 4.90 Å². The summed E-state index contributed by atoms with van der Waals surface area (Å²) < 4.78 is 6.25. The molecule has 5 heteroatoms. The quantitative estimate of drug-likeness (QED) is 0.222. The molecule has 0 spiro atoms. The van der Waals surface area contributed by atoms with Crippen LogP contribution in [-0.2, 0) is 0 Å². The summed E-state index contributed by atoms with van der Waals surface area (Å²) in [5.41, 5.74) is 5.85. The molecule has 1 aliphatic rings. The molecule has 0 bridgehead atoms. The highest BCUT2D eigenvalue weighted by atomic mass is 16.5. The number of aromatic nitrogens is 3. The van der Waals surface area contributed by atoms with Crippen LogP contribution in [0.5, 0.6) is 11.5 Å². The Morgan fingerprint density at radius 3 is 1.62 bits per heavy atom. The van der Waals surface area contributed by atoms with Crippen LogP contribution in [0.15, 0.2) is 146 Å². The highest BCUT2D eigenvalue weighted by Gasteiger charge is 2.25. The highest BCUT2D eigenvalue weighted by molar-refractivity contribution is 5.99. The zero-order chi connectivity index (χ0) is 27.9. The molecule has 8 rings (SSSR count). The fraction of sp³-hybridized carbons (Fsp3) is 0. The Balaban J connectivity index is 1.34. The highest BCUT2D eigenvalue weighted by Crippen LogP contribution is 2.50. The van der Waals surface area contributed by atoms with Crippen LogP contribution in [0.1, 0.15) is 0 Å². The van der Waals surface area contributed by atoms with Crippen LogP contribution >= 0.6 is 0 Å². The second kappa shape index (κ2) is 9.98.